The maximum Gasteiger partial charge on any atom is 0.407 e. The molecule has 7 heteroatoms. The topological polar surface area (TPSA) is 105 Å². The normalized spacial score (nSPS) is 14.5. The largest absolute Gasteiger partial charge is 0.480 e. The Kier molecular flexibility index (Phi) is 7.97. The Morgan fingerprint density at radius 3 is 2.03 bits per heavy atom. The number of carbonyl (C=O) groups excluding carboxylic acids is 2. The number of amides is 2. The number of nitrogens with one attached hydrogen (secondary N) is 2. The number of alkyl carbamates (subject to hydrolysis) is 1. The predicted molar refractivity (Wildman–Crippen MR) is 131 cm³/mol. The predicted octanol–water partition coefficient (Wildman–Crippen LogP) is 4.70. The van der Waals surface area contributed by atoms with E-state index < -0.39 is 35.5 Å². The van der Waals surface area contributed by atoms with Crippen molar-refractivity contribution in [2.75, 3.05) is 6.61 Å². The van der Waals surface area contributed by atoms with Crippen LogP contribution in [-0.2, 0) is 14.3 Å². The van der Waals surface area contributed by atoms with E-state index in [2.05, 4.69) is 22.8 Å². The highest BCUT2D eigenvalue weighted by Crippen LogP contribution is 2.44. The second-order valence-electron chi connectivity index (χ2n) is 9.81. The van der Waals surface area contributed by atoms with Crippen LogP contribution in [0.5, 0.6) is 0 Å². The maximum atomic E-state index is 12.9. The van der Waals surface area contributed by atoms with Crippen molar-refractivity contribution in [2.45, 2.75) is 65.0 Å². The van der Waals surface area contributed by atoms with Gasteiger partial charge in [0, 0.05) is 5.92 Å². The second kappa shape index (κ2) is 10.7. The highest BCUT2D eigenvalue weighted by Gasteiger charge is 2.36. The van der Waals surface area contributed by atoms with Gasteiger partial charge in [-0.3, -0.25) is 4.79 Å². The molecule has 1 unspecified atom stereocenters. The number of unbranched alkanes of at least 4 members (excludes halogenated alkanes) is 1. The molecule has 0 saturated heterocycles. The fourth-order valence-corrected chi connectivity index (χ4v) is 4.35. The third kappa shape index (κ3) is 5.76. The van der Waals surface area contributed by atoms with E-state index >= 15 is 0 Å². The lowest BCUT2D eigenvalue weighted by atomic mass is 9.86. The number of hydrogen-bond acceptors (Lipinski definition) is 4. The van der Waals surface area contributed by atoms with Gasteiger partial charge in [-0.2, -0.15) is 0 Å². The lowest BCUT2D eigenvalue weighted by Crippen LogP contribution is -2.56. The van der Waals surface area contributed by atoms with Crippen molar-refractivity contribution in [3.8, 4) is 11.1 Å². The molecule has 2 amide bonds. The van der Waals surface area contributed by atoms with Crippen molar-refractivity contribution >= 4 is 18.0 Å². The molecule has 0 aliphatic heterocycles. The van der Waals surface area contributed by atoms with Crippen molar-refractivity contribution < 1.29 is 24.2 Å². The fraction of sp³-hybridized carbons (Fsp3) is 0.444. The van der Waals surface area contributed by atoms with E-state index in [1.165, 1.54) is 0 Å². The van der Waals surface area contributed by atoms with Crippen molar-refractivity contribution in [2.24, 2.45) is 5.41 Å². The summed E-state index contributed by atoms with van der Waals surface area (Å²) in [6.07, 6.45) is 1.12. The Morgan fingerprint density at radius 1 is 0.971 bits per heavy atom. The van der Waals surface area contributed by atoms with Crippen LogP contribution in [0.3, 0.4) is 0 Å². The van der Waals surface area contributed by atoms with E-state index in [1.807, 2.05) is 64.1 Å². The van der Waals surface area contributed by atoms with Gasteiger partial charge in [0.05, 0.1) is 0 Å². The molecule has 34 heavy (non-hydrogen) atoms. The number of rotatable bonds is 9. The average Bonchev–Trinajstić information content (AvgIpc) is 3.11. The quantitative estimate of drug-likeness (QED) is 0.497. The van der Waals surface area contributed by atoms with Crippen LogP contribution in [0.1, 0.15) is 64.0 Å². The summed E-state index contributed by atoms with van der Waals surface area (Å²) in [5, 5.41) is 14.7. The van der Waals surface area contributed by atoms with Crippen LogP contribution in [-0.4, -0.2) is 41.8 Å². The zero-order chi connectivity index (χ0) is 24.9. The number of carboxylic acids is 1. The Morgan fingerprint density at radius 2 is 1.53 bits per heavy atom. The standard InChI is InChI=1S/C27H34N2O5/c1-5-6-15-22(25(31)32)28-24(30)23(27(2,3)4)29-26(33)34-16-21-19-13-9-7-11-17(19)18-12-8-10-14-20(18)21/h7-14,21-23H,5-6,15-16H2,1-4H3,(H,28,30)(H,29,33)(H,31,32)/t22-,23?/m0/s1. The van der Waals surface area contributed by atoms with E-state index in [0.717, 1.165) is 28.7 Å². The number of aliphatic carboxylic acids is 1. The first-order valence-electron chi connectivity index (χ1n) is 11.8. The van der Waals surface area contributed by atoms with Gasteiger partial charge in [0.2, 0.25) is 5.91 Å². The molecule has 1 aliphatic carbocycles. The molecule has 7 nitrogen and oxygen atoms in total. The summed E-state index contributed by atoms with van der Waals surface area (Å²) < 4.78 is 5.59. The Hall–Kier alpha value is -3.35. The number of carboxylic acid groups (broad SMARTS) is 1. The van der Waals surface area contributed by atoms with Crippen LogP contribution in [0.25, 0.3) is 11.1 Å². The third-order valence-corrected chi connectivity index (χ3v) is 6.20. The lowest BCUT2D eigenvalue weighted by Gasteiger charge is -2.31. The molecule has 2 aromatic rings. The Bertz CT molecular complexity index is 998. The van der Waals surface area contributed by atoms with E-state index in [9.17, 15) is 19.5 Å². The molecule has 0 fully saturated rings. The lowest BCUT2D eigenvalue weighted by molar-refractivity contribution is -0.142. The zero-order valence-corrected chi connectivity index (χ0v) is 20.3. The van der Waals surface area contributed by atoms with Crippen LogP contribution in [0.15, 0.2) is 48.5 Å². The minimum atomic E-state index is -1.09. The van der Waals surface area contributed by atoms with Crippen molar-refractivity contribution in [1.29, 1.82) is 0 Å². The minimum Gasteiger partial charge on any atom is -0.480 e. The zero-order valence-electron chi connectivity index (χ0n) is 20.3. The number of benzene rings is 2. The van der Waals surface area contributed by atoms with Crippen LogP contribution < -0.4 is 10.6 Å². The summed E-state index contributed by atoms with van der Waals surface area (Å²) >= 11 is 0. The summed E-state index contributed by atoms with van der Waals surface area (Å²) in [5.41, 5.74) is 3.81. The molecular formula is C27H34N2O5. The molecule has 0 radical (unpaired) electrons. The minimum absolute atomic E-state index is 0.0921. The van der Waals surface area contributed by atoms with Gasteiger partial charge in [-0.05, 0) is 34.1 Å². The van der Waals surface area contributed by atoms with Gasteiger partial charge in [-0.15, -0.1) is 0 Å². The first kappa shape index (κ1) is 25.3. The summed E-state index contributed by atoms with van der Waals surface area (Å²) in [6, 6.07) is 14.2. The Balaban J connectivity index is 1.68. The van der Waals surface area contributed by atoms with E-state index in [1.54, 1.807) is 0 Å². The van der Waals surface area contributed by atoms with Gasteiger partial charge in [0.1, 0.15) is 18.7 Å². The van der Waals surface area contributed by atoms with Gasteiger partial charge in [-0.25, -0.2) is 9.59 Å². The van der Waals surface area contributed by atoms with Gasteiger partial charge >= 0.3 is 12.1 Å². The monoisotopic (exact) mass is 466 g/mol. The number of ether oxygens (including phenoxy) is 1. The summed E-state index contributed by atoms with van der Waals surface area (Å²) in [7, 11) is 0. The van der Waals surface area contributed by atoms with Gasteiger partial charge in [-0.1, -0.05) is 89.1 Å². The summed E-state index contributed by atoms with van der Waals surface area (Å²) in [6.45, 7) is 7.51. The Labute approximate surface area is 200 Å². The van der Waals surface area contributed by atoms with Gasteiger partial charge in [0.15, 0.2) is 0 Å². The molecule has 3 rings (SSSR count). The highest BCUT2D eigenvalue weighted by atomic mass is 16.5. The van der Waals surface area contributed by atoms with Crippen LogP contribution in [0.2, 0.25) is 0 Å². The first-order valence-corrected chi connectivity index (χ1v) is 11.8. The van der Waals surface area contributed by atoms with E-state index in [-0.39, 0.29) is 12.5 Å². The van der Waals surface area contributed by atoms with Crippen molar-refractivity contribution in [3.05, 3.63) is 59.7 Å². The first-order chi connectivity index (χ1) is 16.1. The van der Waals surface area contributed by atoms with Crippen LogP contribution >= 0.6 is 0 Å². The average molecular weight is 467 g/mol. The molecule has 1 aliphatic rings. The van der Waals surface area contributed by atoms with Crippen LogP contribution in [0, 0.1) is 5.41 Å². The smallest absolute Gasteiger partial charge is 0.407 e. The fourth-order valence-electron chi connectivity index (χ4n) is 4.35. The van der Waals surface area contributed by atoms with Gasteiger partial charge < -0.3 is 20.5 Å². The molecule has 0 aromatic heterocycles. The molecule has 0 saturated carbocycles. The SMILES string of the molecule is CCCC[C@H](NC(=O)C(NC(=O)OCC1c2ccccc2-c2ccccc21)C(C)(C)C)C(=O)O. The molecular weight excluding hydrogens is 432 g/mol. The van der Waals surface area contributed by atoms with Gasteiger partial charge in [0.25, 0.3) is 0 Å². The van der Waals surface area contributed by atoms with Crippen molar-refractivity contribution in [1.82, 2.24) is 10.6 Å². The number of carbonyl (C=O) groups is 3. The summed E-state index contributed by atoms with van der Waals surface area (Å²) in [5.74, 6) is -1.72. The van der Waals surface area contributed by atoms with Crippen molar-refractivity contribution in [3.63, 3.8) is 0 Å². The number of hydrogen-bond donors (Lipinski definition) is 3. The molecule has 0 heterocycles. The van der Waals surface area contributed by atoms with Crippen LogP contribution in [0.4, 0.5) is 4.79 Å². The molecule has 2 atom stereocenters. The molecule has 3 N–H and O–H groups in total. The maximum absolute atomic E-state index is 12.9. The summed E-state index contributed by atoms with van der Waals surface area (Å²) in [4.78, 5) is 37.3. The molecule has 0 spiro atoms. The second-order valence-corrected chi connectivity index (χ2v) is 9.81. The third-order valence-electron chi connectivity index (χ3n) is 6.20. The molecule has 2 aromatic carbocycles. The van der Waals surface area contributed by atoms with E-state index in [0.29, 0.717) is 12.8 Å². The highest BCUT2D eigenvalue weighted by molar-refractivity contribution is 5.90. The molecule has 182 valence electrons. The molecule has 0 bridgehead atoms. The number of fused-ring (bicyclic) bond motifs is 3. The van der Waals surface area contributed by atoms with E-state index in [4.69, 9.17) is 4.74 Å².